The normalized spacial score (nSPS) is 12.4. The van der Waals surface area contributed by atoms with Crippen molar-refractivity contribution in [2.45, 2.75) is 39.7 Å². The predicted molar refractivity (Wildman–Crippen MR) is 60.3 cm³/mol. The fourth-order valence-corrected chi connectivity index (χ4v) is 3.61. The molecule has 0 radical (unpaired) electrons. The van der Waals surface area contributed by atoms with Crippen molar-refractivity contribution in [1.29, 1.82) is 0 Å². The molecule has 4 heteroatoms. The highest BCUT2D eigenvalue weighted by Crippen LogP contribution is 2.19. The summed E-state index contributed by atoms with van der Waals surface area (Å²) in [5.41, 5.74) is 0. The van der Waals surface area contributed by atoms with Gasteiger partial charge in [-0.25, -0.2) is 0 Å². The first-order chi connectivity index (χ1) is 6.60. The van der Waals surface area contributed by atoms with Gasteiger partial charge in [-0.15, -0.1) is 0 Å². The summed E-state index contributed by atoms with van der Waals surface area (Å²) in [5, 5.41) is 0. The molecule has 0 unspecified atom stereocenters. The zero-order chi connectivity index (χ0) is 11.0. The third-order valence-electron chi connectivity index (χ3n) is 2.10. The zero-order valence-electron chi connectivity index (χ0n) is 10.1. The van der Waals surface area contributed by atoms with Gasteiger partial charge in [-0.1, -0.05) is 27.2 Å². The summed E-state index contributed by atoms with van der Waals surface area (Å²) >= 11 is 0. The molecule has 0 saturated heterocycles. The second-order valence-electron chi connectivity index (χ2n) is 3.89. The zero-order valence-corrected chi connectivity index (χ0v) is 11.1. The van der Waals surface area contributed by atoms with Crippen LogP contribution in [-0.2, 0) is 13.3 Å². The third kappa shape index (κ3) is 5.10. The maximum atomic E-state index is 5.77. The van der Waals surface area contributed by atoms with Crippen LogP contribution in [0.15, 0.2) is 0 Å². The van der Waals surface area contributed by atoms with E-state index in [1.807, 2.05) is 0 Å². The van der Waals surface area contributed by atoms with Gasteiger partial charge in [-0.3, -0.25) is 0 Å². The molecule has 0 fully saturated rings. The number of rotatable bonds is 8. The predicted octanol–water partition coefficient (Wildman–Crippen LogP) is 2.69. The molecular weight excluding hydrogens is 196 g/mol. The first-order valence-corrected chi connectivity index (χ1v) is 7.27. The molecule has 0 aromatic heterocycles. The first-order valence-electron chi connectivity index (χ1n) is 5.34. The van der Waals surface area contributed by atoms with Crippen LogP contribution in [0.1, 0.15) is 33.6 Å². The van der Waals surface area contributed by atoms with Gasteiger partial charge in [0.1, 0.15) is 0 Å². The molecule has 0 aliphatic carbocycles. The van der Waals surface area contributed by atoms with E-state index in [1.54, 1.807) is 14.2 Å². The summed E-state index contributed by atoms with van der Waals surface area (Å²) in [7, 11) is 1.03. The van der Waals surface area contributed by atoms with Crippen molar-refractivity contribution in [3.05, 3.63) is 0 Å². The van der Waals surface area contributed by atoms with Crippen LogP contribution in [0.5, 0.6) is 0 Å². The van der Waals surface area contributed by atoms with Gasteiger partial charge >= 0.3 is 8.80 Å². The summed E-state index contributed by atoms with van der Waals surface area (Å²) in [6.07, 6.45) is 2.21. The molecule has 0 aromatic carbocycles. The smallest absolute Gasteiger partial charge is 0.377 e. The van der Waals surface area contributed by atoms with Crippen molar-refractivity contribution in [1.82, 2.24) is 0 Å². The van der Waals surface area contributed by atoms with Crippen molar-refractivity contribution in [2.75, 3.05) is 20.8 Å². The minimum atomic E-state index is -2.34. The van der Waals surface area contributed by atoms with E-state index in [4.69, 9.17) is 13.3 Å². The maximum Gasteiger partial charge on any atom is 0.500 e. The van der Waals surface area contributed by atoms with Gasteiger partial charge in [0, 0.05) is 26.9 Å². The maximum absolute atomic E-state index is 5.77. The Balaban J connectivity index is 4.07. The molecule has 0 bridgehead atoms. The Morgan fingerprint density at radius 3 is 2.07 bits per heavy atom. The van der Waals surface area contributed by atoms with E-state index in [0.717, 1.165) is 25.5 Å². The minimum absolute atomic E-state index is 0.545. The summed E-state index contributed by atoms with van der Waals surface area (Å²) in [5.74, 6) is 0.545. The SMILES string of the molecule is CCCCO[Si](CC(C)C)(OC)OC. The van der Waals surface area contributed by atoms with Crippen LogP contribution in [0, 0.1) is 5.92 Å². The first kappa shape index (κ1) is 14.1. The number of hydrogen-bond donors (Lipinski definition) is 0. The molecule has 86 valence electrons. The topological polar surface area (TPSA) is 27.7 Å². The second-order valence-corrected chi connectivity index (χ2v) is 6.77. The Hall–Kier alpha value is 0.0969. The van der Waals surface area contributed by atoms with Crippen LogP contribution in [0.4, 0.5) is 0 Å². The Labute approximate surface area is 89.1 Å². The van der Waals surface area contributed by atoms with Gasteiger partial charge in [-0.05, 0) is 12.3 Å². The van der Waals surface area contributed by atoms with Gasteiger partial charge < -0.3 is 13.3 Å². The Kier molecular flexibility index (Phi) is 7.45. The molecule has 0 heterocycles. The molecule has 0 amide bonds. The molecule has 0 aliphatic rings. The molecule has 0 spiro atoms. The molecule has 3 nitrogen and oxygen atoms in total. The van der Waals surface area contributed by atoms with Gasteiger partial charge in [0.15, 0.2) is 0 Å². The van der Waals surface area contributed by atoms with E-state index >= 15 is 0 Å². The van der Waals surface area contributed by atoms with Gasteiger partial charge in [0.25, 0.3) is 0 Å². The van der Waals surface area contributed by atoms with Crippen LogP contribution >= 0.6 is 0 Å². The second kappa shape index (κ2) is 7.40. The average molecular weight is 220 g/mol. The Morgan fingerprint density at radius 2 is 1.71 bits per heavy atom. The number of hydrogen-bond acceptors (Lipinski definition) is 3. The highest BCUT2D eigenvalue weighted by molar-refractivity contribution is 6.60. The minimum Gasteiger partial charge on any atom is -0.377 e. The van der Waals surface area contributed by atoms with E-state index < -0.39 is 8.80 Å². The van der Waals surface area contributed by atoms with Crippen molar-refractivity contribution < 1.29 is 13.3 Å². The van der Waals surface area contributed by atoms with Gasteiger partial charge in [0.2, 0.25) is 0 Å². The van der Waals surface area contributed by atoms with Crippen molar-refractivity contribution >= 4 is 8.80 Å². The molecule has 14 heavy (non-hydrogen) atoms. The Bertz CT molecular complexity index is 135. The molecule has 0 saturated carbocycles. The molecule has 0 aromatic rings. The monoisotopic (exact) mass is 220 g/mol. The quantitative estimate of drug-likeness (QED) is 0.465. The van der Waals surface area contributed by atoms with Gasteiger partial charge in [-0.2, -0.15) is 0 Å². The summed E-state index contributed by atoms with van der Waals surface area (Å²) < 4.78 is 16.7. The van der Waals surface area contributed by atoms with Crippen LogP contribution in [-0.4, -0.2) is 29.6 Å². The molecule has 0 N–H and O–H groups in total. The van der Waals surface area contributed by atoms with E-state index in [2.05, 4.69) is 20.8 Å². The fourth-order valence-electron chi connectivity index (χ4n) is 1.30. The highest BCUT2D eigenvalue weighted by Gasteiger charge is 2.39. The molecule has 0 aliphatic heterocycles. The van der Waals surface area contributed by atoms with Crippen molar-refractivity contribution in [3.63, 3.8) is 0 Å². The third-order valence-corrected chi connectivity index (χ3v) is 5.30. The highest BCUT2D eigenvalue weighted by atomic mass is 28.4. The lowest BCUT2D eigenvalue weighted by Gasteiger charge is -2.27. The average Bonchev–Trinajstić information content (AvgIpc) is 2.16. The van der Waals surface area contributed by atoms with Crippen molar-refractivity contribution in [3.8, 4) is 0 Å². The van der Waals surface area contributed by atoms with Gasteiger partial charge in [0.05, 0.1) is 0 Å². The fraction of sp³-hybridized carbons (Fsp3) is 1.00. The van der Waals surface area contributed by atoms with E-state index in [-0.39, 0.29) is 0 Å². The summed E-state index contributed by atoms with van der Waals surface area (Å²) in [6, 6.07) is 0.893. The van der Waals surface area contributed by atoms with Crippen LogP contribution in [0.3, 0.4) is 0 Å². The van der Waals surface area contributed by atoms with Crippen LogP contribution < -0.4 is 0 Å². The lowest BCUT2D eigenvalue weighted by molar-refractivity contribution is 0.0935. The molecule has 0 atom stereocenters. The number of unbranched alkanes of at least 4 members (excludes halogenated alkanes) is 1. The van der Waals surface area contributed by atoms with E-state index in [9.17, 15) is 0 Å². The Morgan fingerprint density at radius 1 is 1.14 bits per heavy atom. The lowest BCUT2D eigenvalue weighted by Crippen LogP contribution is -2.45. The largest absolute Gasteiger partial charge is 0.500 e. The summed E-state index contributed by atoms with van der Waals surface area (Å²) in [4.78, 5) is 0. The van der Waals surface area contributed by atoms with Crippen LogP contribution in [0.2, 0.25) is 6.04 Å². The van der Waals surface area contributed by atoms with E-state index in [1.165, 1.54) is 0 Å². The summed E-state index contributed by atoms with van der Waals surface area (Å²) in [6.45, 7) is 7.21. The molecule has 0 rings (SSSR count). The van der Waals surface area contributed by atoms with Crippen molar-refractivity contribution in [2.24, 2.45) is 5.92 Å². The standard InChI is InChI=1S/C10H24O3Si/c1-6-7-8-13-14(11-4,12-5)9-10(2)3/h10H,6-9H2,1-5H3. The van der Waals surface area contributed by atoms with Crippen LogP contribution in [0.25, 0.3) is 0 Å². The lowest BCUT2D eigenvalue weighted by atomic mass is 10.3. The van der Waals surface area contributed by atoms with E-state index in [0.29, 0.717) is 5.92 Å². The molecular formula is C10H24O3Si.